The number of hydrogen-bond acceptors (Lipinski definition) is 7. The second kappa shape index (κ2) is 5.29. The predicted octanol–water partition coefficient (Wildman–Crippen LogP) is 1.12. The van der Waals surface area contributed by atoms with Crippen molar-refractivity contribution in [2.75, 3.05) is 31.2 Å². The molecular formula is C14H20N6OS. The maximum atomic E-state index is 5.59. The third-order valence-electron chi connectivity index (χ3n) is 4.22. The largest absolute Gasteiger partial charge is 0.377 e. The molecule has 4 rings (SSSR count). The van der Waals surface area contributed by atoms with Crippen molar-refractivity contribution >= 4 is 16.5 Å². The van der Waals surface area contributed by atoms with E-state index < -0.39 is 0 Å². The molecule has 118 valence electrons. The number of nitrogens with zero attached hydrogens (tertiary/aromatic N) is 5. The molecule has 1 fully saturated rings. The number of rotatable bonds is 2. The number of thiazole rings is 1. The molecule has 2 aliphatic heterocycles. The summed E-state index contributed by atoms with van der Waals surface area (Å²) >= 11 is 1.67. The number of morpholine rings is 1. The van der Waals surface area contributed by atoms with Gasteiger partial charge in [0.25, 0.3) is 0 Å². The summed E-state index contributed by atoms with van der Waals surface area (Å²) in [7, 11) is 0. The van der Waals surface area contributed by atoms with E-state index in [0.717, 1.165) is 61.9 Å². The van der Waals surface area contributed by atoms with Gasteiger partial charge in [0, 0.05) is 25.0 Å². The van der Waals surface area contributed by atoms with Crippen molar-refractivity contribution in [2.24, 2.45) is 0 Å². The Labute approximate surface area is 133 Å². The fraction of sp³-hybridized carbons (Fsp3) is 0.643. The molecule has 0 bridgehead atoms. The Bertz CT molecular complexity index is 679. The summed E-state index contributed by atoms with van der Waals surface area (Å²) in [6, 6.07) is 0. The van der Waals surface area contributed by atoms with Gasteiger partial charge in [-0.15, -0.1) is 21.5 Å². The predicted molar refractivity (Wildman–Crippen MR) is 85.1 cm³/mol. The highest BCUT2D eigenvalue weighted by Gasteiger charge is 2.32. The second-order valence-corrected chi connectivity index (χ2v) is 7.14. The summed E-state index contributed by atoms with van der Waals surface area (Å²) in [5.74, 6) is 1.87. The molecule has 22 heavy (non-hydrogen) atoms. The van der Waals surface area contributed by atoms with Crippen LogP contribution in [0.4, 0.5) is 5.13 Å². The van der Waals surface area contributed by atoms with E-state index >= 15 is 0 Å². The van der Waals surface area contributed by atoms with Crippen LogP contribution in [0.1, 0.15) is 19.7 Å². The number of anilines is 1. The van der Waals surface area contributed by atoms with Crippen LogP contribution >= 0.6 is 11.3 Å². The molecule has 0 unspecified atom stereocenters. The van der Waals surface area contributed by atoms with E-state index in [2.05, 4.69) is 44.2 Å². The molecule has 2 aromatic rings. The topological polar surface area (TPSA) is 68.1 Å². The van der Waals surface area contributed by atoms with Gasteiger partial charge in [0.2, 0.25) is 0 Å². The highest BCUT2D eigenvalue weighted by Crippen LogP contribution is 2.32. The van der Waals surface area contributed by atoms with Gasteiger partial charge in [-0.3, -0.25) is 0 Å². The lowest BCUT2D eigenvalue weighted by Gasteiger charge is -2.41. The van der Waals surface area contributed by atoms with Crippen molar-refractivity contribution in [1.29, 1.82) is 0 Å². The van der Waals surface area contributed by atoms with E-state index in [0.29, 0.717) is 0 Å². The fourth-order valence-electron chi connectivity index (χ4n) is 2.99. The molecule has 7 nitrogen and oxygen atoms in total. The maximum Gasteiger partial charge on any atom is 0.186 e. The average Bonchev–Trinajstić information content (AvgIpc) is 3.12. The first-order chi connectivity index (χ1) is 10.6. The third-order valence-corrected chi connectivity index (χ3v) is 5.08. The van der Waals surface area contributed by atoms with E-state index in [1.165, 1.54) is 0 Å². The summed E-state index contributed by atoms with van der Waals surface area (Å²) in [5.41, 5.74) is 0.893. The molecule has 2 aromatic heterocycles. The molecule has 0 aliphatic carbocycles. The second-order valence-electron chi connectivity index (χ2n) is 6.30. The standard InChI is InChI=1S/C14H20N6OS/c1-14(2)9-21-6-5-20(14)13-16-10(8-22-13)12-18-17-11-7-15-3-4-19(11)12/h8,15H,3-7,9H2,1-2H3. The molecule has 0 spiro atoms. The highest BCUT2D eigenvalue weighted by molar-refractivity contribution is 7.14. The molecule has 1 saturated heterocycles. The van der Waals surface area contributed by atoms with Crippen LogP contribution in [-0.2, 0) is 17.8 Å². The van der Waals surface area contributed by atoms with E-state index in [9.17, 15) is 0 Å². The zero-order valence-corrected chi connectivity index (χ0v) is 13.7. The van der Waals surface area contributed by atoms with Gasteiger partial charge < -0.3 is 19.5 Å². The Morgan fingerprint density at radius 3 is 3.09 bits per heavy atom. The lowest BCUT2D eigenvalue weighted by atomic mass is 10.0. The van der Waals surface area contributed by atoms with Crippen LogP contribution in [0, 0.1) is 0 Å². The van der Waals surface area contributed by atoms with Gasteiger partial charge in [-0.05, 0) is 13.8 Å². The smallest absolute Gasteiger partial charge is 0.186 e. The summed E-state index contributed by atoms with van der Waals surface area (Å²) in [6.45, 7) is 9.37. The molecular weight excluding hydrogens is 300 g/mol. The van der Waals surface area contributed by atoms with Gasteiger partial charge in [-0.2, -0.15) is 0 Å². The molecule has 1 N–H and O–H groups in total. The zero-order chi connectivity index (χ0) is 15.2. The monoisotopic (exact) mass is 320 g/mol. The molecule has 0 aromatic carbocycles. The summed E-state index contributed by atoms with van der Waals surface area (Å²) in [6.07, 6.45) is 0. The highest BCUT2D eigenvalue weighted by atomic mass is 32.1. The van der Waals surface area contributed by atoms with E-state index in [1.807, 2.05) is 0 Å². The van der Waals surface area contributed by atoms with Gasteiger partial charge in [0.15, 0.2) is 11.0 Å². The van der Waals surface area contributed by atoms with Crippen molar-refractivity contribution in [2.45, 2.75) is 32.5 Å². The van der Waals surface area contributed by atoms with Crippen LogP contribution in [0.3, 0.4) is 0 Å². The number of nitrogens with one attached hydrogen (secondary N) is 1. The number of aromatic nitrogens is 4. The Hall–Kier alpha value is -1.51. The molecule has 0 radical (unpaired) electrons. The number of ether oxygens (including phenoxy) is 1. The quantitative estimate of drug-likeness (QED) is 0.894. The number of hydrogen-bond donors (Lipinski definition) is 1. The van der Waals surface area contributed by atoms with Crippen molar-refractivity contribution < 1.29 is 4.74 Å². The minimum absolute atomic E-state index is 0.0262. The Balaban J connectivity index is 1.65. The van der Waals surface area contributed by atoms with Gasteiger partial charge in [-0.1, -0.05) is 0 Å². The van der Waals surface area contributed by atoms with Crippen molar-refractivity contribution in [3.63, 3.8) is 0 Å². The van der Waals surface area contributed by atoms with Gasteiger partial charge in [0.1, 0.15) is 11.5 Å². The fourth-order valence-corrected chi connectivity index (χ4v) is 3.98. The number of fused-ring (bicyclic) bond motifs is 1. The summed E-state index contributed by atoms with van der Waals surface area (Å²) < 4.78 is 7.76. The maximum absolute atomic E-state index is 5.59. The van der Waals surface area contributed by atoms with Crippen molar-refractivity contribution in [1.82, 2.24) is 25.1 Å². The zero-order valence-electron chi connectivity index (χ0n) is 12.9. The van der Waals surface area contributed by atoms with Crippen LogP contribution in [0.25, 0.3) is 11.5 Å². The average molecular weight is 320 g/mol. The molecule has 8 heteroatoms. The van der Waals surface area contributed by atoms with Crippen molar-refractivity contribution in [3.05, 3.63) is 11.2 Å². The van der Waals surface area contributed by atoms with Crippen LogP contribution in [0.5, 0.6) is 0 Å². The molecule has 0 atom stereocenters. The van der Waals surface area contributed by atoms with Crippen LogP contribution < -0.4 is 10.2 Å². The van der Waals surface area contributed by atoms with Gasteiger partial charge in [-0.25, -0.2) is 4.98 Å². The van der Waals surface area contributed by atoms with Crippen LogP contribution in [0.2, 0.25) is 0 Å². The van der Waals surface area contributed by atoms with Crippen LogP contribution in [0.15, 0.2) is 5.38 Å². The molecule has 0 saturated carbocycles. The Morgan fingerprint density at radius 2 is 2.23 bits per heavy atom. The lowest BCUT2D eigenvalue weighted by Crippen LogP contribution is -2.53. The van der Waals surface area contributed by atoms with Crippen molar-refractivity contribution in [3.8, 4) is 11.5 Å². The van der Waals surface area contributed by atoms with Gasteiger partial charge in [0.05, 0.1) is 25.3 Å². The lowest BCUT2D eigenvalue weighted by molar-refractivity contribution is 0.0644. The summed E-state index contributed by atoms with van der Waals surface area (Å²) in [5, 5.41) is 15.0. The first-order valence-corrected chi connectivity index (χ1v) is 8.47. The first kappa shape index (κ1) is 14.1. The van der Waals surface area contributed by atoms with E-state index in [4.69, 9.17) is 9.72 Å². The summed E-state index contributed by atoms with van der Waals surface area (Å²) in [4.78, 5) is 7.16. The van der Waals surface area contributed by atoms with Crippen LogP contribution in [-0.4, -0.2) is 51.6 Å². The minimum atomic E-state index is -0.0262. The molecule has 2 aliphatic rings. The normalized spacial score (nSPS) is 20.9. The molecule has 0 amide bonds. The SMILES string of the molecule is CC1(C)COCCN1c1nc(-c2nnc3n2CCNC3)cs1. The minimum Gasteiger partial charge on any atom is -0.377 e. The van der Waals surface area contributed by atoms with E-state index in [-0.39, 0.29) is 5.54 Å². The van der Waals surface area contributed by atoms with E-state index in [1.54, 1.807) is 11.3 Å². The first-order valence-electron chi connectivity index (χ1n) is 7.59. The van der Waals surface area contributed by atoms with Gasteiger partial charge >= 0.3 is 0 Å². The Morgan fingerprint density at radius 1 is 1.32 bits per heavy atom. The Kier molecular flexibility index (Phi) is 3.39. The molecule has 4 heterocycles. The third kappa shape index (κ3) is 2.31.